The Balaban J connectivity index is 1.72. The molecule has 2 aromatic rings. The van der Waals surface area contributed by atoms with Gasteiger partial charge in [0.2, 0.25) is 0 Å². The normalized spacial score (nSPS) is 20.1. The minimum absolute atomic E-state index is 0.0331. The molecule has 1 heterocycles. The number of carbonyl (C=O) groups excluding carboxylic acids is 2. The number of methoxy groups -OCH3 is 1. The van der Waals surface area contributed by atoms with Crippen LogP contribution in [0.5, 0.6) is 11.5 Å². The summed E-state index contributed by atoms with van der Waals surface area (Å²) < 4.78 is 37.5. The number of carbonyl (C=O) groups is 3. The zero-order valence-corrected chi connectivity index (χ0v) is 27.1. The van der Waals surface area contributed by atoms with Crippen LogP contribution in [0.4, 0.5) is 0 Å². The van der Waals surface area contributed by atoms with Gasteiger partial charge in [0.05, 0.1) is 11.6 Å². The summed E-state index contributed by atoms with van der Waals surface area (Å²) in [6.45, 7) is 7.53. The van der Waals surface area contributed by atoms with Crippen molar-refractivity contribution in [3.63, 3.8) is 0 Å². The molecular weight excluding hydrogens is 638 g/mol. The Bertz CT molecular complexity index is 1650. The van der Waals surface area contributed by atoms with Gasteiger partial charge in [-0.3, -0.25) is 14.4 Å². The number of hydrogen-bond donors (Lipinski definition) is 1. The molecule has 1 N–H and O–H groups in total. The number of nitrogens with zero attached hydrogens (tertiary/aromatic N) is 1. The van der Waals surface area contributed by atoms with Crippen LogP contribution in [0.15, 0.2) is 74.4 Å². The van der Waals surface area contributed by atoms with Crippen molar-refractivity contribution in [2.75, 3.05) is 13.7 Å². The van der Waals surface area contributed by atoms with Gasteiger partial charge < -0.3 is 18.9 Å². The number of carboxylic acids is 1. The Morgan fingerprint density at radius 2 is 1.49 bits per heavy atom. The maximum atomic E-state index is 13.9. The number of carboxylic acid groups (broad SMARTS) is 1. The van der Waals surface area contributed by atoms with Gasteiger partial charge in [0, 0.05) is 41.3 Å². The minimum Gasteiger partial charge on any atom is -0.493 e. The number of Topliss-reactive ketones (excluding diaryl/α,β-unsaturated/α-hetero) is 2. The summed E-state index contributed by atoms with van der Waals surface area (Å²) in [6, 6.07) is 10.9. The molecule has 0 radical (unpaired) electrons. The topological polar surface area (TPSA) is 127 Å². The maximum Gasteiger partial charge on any atom is 0.339 e. The van der Waals surface area contributed by atoms with E-state index in [-0.39, 0.29) is 51.8 Å². The third kappa shape index (κ3) is 5.89. The average molecular weight is 673 g/mol. The van der Waals surface area contributed by atoms with Crippen LogP contribution in [0, 0.1) is 10.8 Å². The van der Waals surface area contributed by atoms with Gasteiger partial charge in [-0.25, -0.2) is 0 Å². The molecule has 0 unspecified atom stereocenters. The lowest BCUT2D eigenvalue weighted by atomic mass is 9.63. The molecule has 5 rings (SSSR count). The fourth-order valence-corrected chi connectivity index (χ4v) is 8.07. The second kappa shape index (κ2) is 10.9. The zero-order valence-electron chi connectivity index (χ0n) is 24.7. The monoisotopic (exact) mass is 671 g/mol. The van der Waals surface area contributed by atoms with E-state index < -0.39 is 32.8 Å². The molecule has 0 fully saturated rings. The molecule has 0 atom stereocenters. The number of halogens is 1. The first-order valence-electron chi connectivity index (χ1n) is 13.9. The SMILES string of the molecule is COc1cc(C2C3=C(CC(C)(C)CC3=O)N(CC(=O)O)C3=C2C(=O)CC(C)(C)C3)cc(Br)c1OS(=O)(=O)c1ccccc1. The highest BCUT2D eigenvalue weighted by Gasteiger charge is 2.49. The summed E-state index contributed by atoms with van der Waals surface area (Å²) in [6.07, 6.45) is 1.39. The fourth-order valence-electron chi connectivity index (χ4n) is 6.44. The lowest BCUT2D eigenvalue weighted by Gasteiger charge is -2.48. The smallest absolute Gasteiger partial charge is 0.339 e. The van der Waals surface area contributed by atoms with Crippen molar-refractivity contribution in [1.29, 1.82) is 0 Å². The quantitative estimate of drug-likeness (QED) is 0.353. The lowest BCUT2D eigenvalue weighted by Crippen LogP contribution is -2.45. The number of hydrogen-bond acceptors (Lipinski definition) is 8. The molecule has 1 aliphatic heterocycles. The predicted molar refractivity (Wildman–Crippen MR) is 162 cm³/mol. The fraction of sp³-hybridized carbons (Fsp3) is 0.406. The van der Waals surface area contributed by atoms with Crippen molar-refractivity contribution in [1.82, 2.24) is 4.90 Å². The van der Waals surface area contributed by atoms with E-state index in [0.29, 0.717) is 40.9 Å². The van der Waals surface area contributed by atoms with E-state index >= 15 is 0 Å². The molecule has 3 aliphatic rings. The Kier molecular flexibility index (Phi) is 7.88. The molecule has 228 valence electrons. The third-order valence-electron chi connectivity index (χ3n) is 8.13. The first-order chi connectivity index (χ1) is 20.0. The van der Waals surface area contributed by atoms with Crippen LogP contribution < -0.4 is 8.92 Å². The molecule has 0 aromatic heterocycles. The highest BCUT2D eigenvalue weighted by atomic mass is 79.9. The molecule has 0 spiro atoms. The molecule has 2 aliphatic carbocycles. The van der Waals surface area contributed by atoms with Crippen molar-refractivity contribution >= 4 is 43.6 Å². The van der Waals surface area contributed by atoms with Crippen LogP contribution in [0.1, 0.15) is 64.9 Å². The minimum atomic E-state index is -4.21. The van der Waals surface area contributed by atoms with E-state index in [0.717, 1.165) is 0 Å². The van der Waals surface area contributed by atoms with Gasteiger partial charge in [0.1, 0.15) is 11.4 Å². The Hall–Kier alpha value is -3.44. The van der Waals surface area contributed by atoms with E-state index in [1.807, 2.05) is 27.7 Å². The van der Waals surface area contributed by atoms with Gasteiger partial charge >= 0.3 is 16.1 Å². The van der Waals surface area contributed by atoms with Crippen molar-refractivity contribution < 1.29 is 36.8 Å². The van der Waals surface area contributed by atoms with Crippen LogP contribution >= 0.6 is 15.9 Å². The summed E-state index contributed by atoms with van der Waals surface area (Å²) in [5.41, 5.74) is 1.72. The van der Waals surface area contributed by atoms with Crippen LogP contribution in [0.25, 0.3) is 0 Å². The zero-order chi connectivity index (χ0) is 31.5. The highest BCUT2D eigenvalue weighted by molar-refractivity contribution is 9.10. The van der Waals surface area contributed by atoms with Gasteiger partial charge in [-0.05, 0) is 69.4 Å². The predicted octanol–water partition coefficient (Wildman–Crippen LogP) is 6.00. The molecule has 0 bridgehead atoms. The summed E-state index contributed by atoms with van der Waals surface area (Å²) in [5, 5.41) is 9.89. The molecule has 43 heavy (non-hydrogen) atoms. The van der Waals surface area contributed by atoms with Gasteiger partial charge in [-0.2, -0.15) is 8.42 Å². The Labute approximate surface area is 259 Å². The van der Waals surface area contributed by atoms with Gasteiger partial charge in [0.25, 0.3) is 0 Å². The highest BCUT2D eigenvalue weighted by Crippen LogP contribution is 2.55. The average Bonchev–Trinajstić information content (AvgIpc) is 2.89. The number of rotatable bonds is 7. The number of ether oxygens (including phenoxy) is 1. The van der Waals surface area contributed by atoms with E-state index in [4.69, 9.17) is 8.92 Å². The van der Waals surface area contributed by atoms with Gasteiger partial charge in [-0.15, -0.1) is 0 Å². The van der Waals surface area contributed by atoms with E-state index in [1.165, 1.54) is 19.2 Å². The molecule has 0 saturated carbocycles. The van der Waals surface area contributed by atoms with Crippen molar-refractivity contribution in [2.45, 2.75) is 64.2 Å². The molecule has 9 nitrogen and oxygen atoms in total. The van der Waals surface area contributed by atoms with Crippen LogP contribution in [0.2, 0.25) is 0 Å². The van der Waals surface area contributed by atoms with E-state index in [1.54, 1.807) is 35.2 Å². The molecule has 11 heteroatoms. The first kappa shape index (κ1) is 31.0. The molecule has 2 aromatic carbocycles. The maximum absolute atomic E-state index is 13.9. The van der Waals surface area contributed by atoms with Gasteiger partial charge in [-0.1, -0.05) is 45.9 Å². The number of ketones is 2. The van der Waals surface area contributed by atoms with E-state index in [9.17, 15) is 27.9 Å². The van der Waals surface area contributed by atoms with Crippen molar-refractivity contribution in [3.8, 4) is 11.5 Å². The molecule has 0 amide bonds. The van der Waals surface area contributed by atoms with Crippen LogP contribution in [0.3, 0.4) is 0 Å². The number of aliphatic carboxylic acids is 1. The van der Waals surface area contributed by atoms with E-state index in [2.05, 4.69) is 15.9 Å². The Morgan fingerprint density at radius 3 is 1.98 bits per heavy atom. The summed E-state index contributed by atoms with van der Waals surface area (Å²) in [5.74, 6) is -2.14. The summed E-state index contributed by atoms with van der Waals surface area (Å²) in [4.78, 5) is 41.5. The van der Waals surface area contributed by atoms with Crippen molar-refractivity contribution in [3.05, 3.63) is 75.0 Å². The molecular formula is C32H34BrNO8S. The Morgan fingerprint density at radius 1 is 0.953 bits per heavy atom. The first-order valence-corrected chi connectivity index (χ1v) is 16.1. The molecule has 0 saturated heterocycles. The second-order valence-electron chi connectivity index (χ2n) is 12.9. The van der Waals surface area contributed by atoms with Crippen LogP contribution in [-0.2, 0) is 24.5 Å². The van der Waals surface area contributed by atoms with Crippen molar-refractivity contribution in [2.24, 2.45) is 10.8 Å². The second-order valence-corrected chi connectivity index (χ2v) is 15.3. The summed E-state index contributed by atoms with van der Waals surface area (Å²) >= 11 is 3.46. The number of allylic oxidation sites excluding steroid dienone is 4. The number of benzene rings is 2. The summed E-state index contributed by atoms with van der Waals surface area (Å²) in [7, 11) is -2.83. The standard InChI is InChI=1S/C32H34BrNO8S/c1-31(2)13-21-28(23(35)15-31)27(29-22(34(21)17-26(37)38)14-32(3,4)16-24(29)36)18-11-20(33)30(25(12-18)41-5)42-43(39,40)19-9-7-6-8-10-19/h6-12,27H,13-17H2,1-5H3,(H,37,38). The van der Waals surface area contributed by atoms with Gasteiger partial charge in [0.15, 0.2) is 23.1 Å². The van der Waals surface area contributed by atoms with Crippen LogP contribution in [-0.4, -0.2) is 49.6 Å². The lowest BCUT2D eigenvalue weighted by molar-refractivity contribution is -0.138. The largest absolute Gasteiger partial charge is 0.493 e. The third-order valence-corrected chi connectivity index (χ3v) is 9.95.